The van der Waals surface area contributed by atoms with E-state index < -0.39 is 0 Å². The number of carbonyl (C=O) groups is 1. The molecule has 4 heteroatoms. The number of nitrogens with one attached hydrogen (secondary N) is 2. The molecule has 0 atom stereocenters. The van der Waals surface area contributed by atoms with E-state index in [-0.39, 0.29) is 16.7 Å². The number of hydrogen-bond donors (Lipinski definition) is 2. The third-order valence-electron chi connectivity index (χ3n) is 2.92. The van der Waals surface area contributed by atoms with Crippen molar-refractivity contribution < 1.29 is 9.53 Å². The Hall–Kier alpha value is -0.610. The summed E-state index contributed by atoms with van der Waals surface area (Å²) >= 11 is 0. The molecule has 0 aliphatic rings. The molecule has 0 bridgehead atoms. The fraction of sp³-hybridized carbons (Fsp3) is 0.933. The second-order valence-corrected chi connectivity index (χ2v) is 6.73. The Bertz CT molecular complexity index is 263. The molecule has 0 aromatic heterocycles. The standard InChI is InChI=1S/C15H32N2O2/c1-7-13(18)17-10-15(5,6)12-19-11-14(3,4)9-16-8-2/h16H,7-12H2,1-6H3,(H,17,18). The highest BCUT2D eigenvalue weighted by Gasteiger charge is 2.22. The Balaban J connectivity index is 3.93. The minimum absolute atomic E-state index is 0.0287. The van der Waals surface area contributed by atoms with Crippen LogP contribution in [-0.4, -0.2) is 38.8 Å². The molecule has 0 aliphatic carbocycles. The summed E-state index contributed by atoms with van der Waals surface area (Å²) in [7, 11) is 0. The average molecular weight is 272 g/mol. The van der Waals surface area contributed by atoms with Gasteiger partial charge in [-0.25, -0.2) is 0 Å². The van der Waals surface area contributed by atoms with Crippen molar-refractivity contribution in [1.82, 2.24) is 10.6 Å². The van der Waals surface area contributed by atoms with E-state index in [9.17, 15) is 4.79 Å². The van der Waals surface area contributed by atoms with Crippen molar-refractivity contribution in [3.8, 4) is 0 Å². The zero-order valence-corrected chi connectivity index (χ0v) is 13.6. The minimum Gasteiger partial charge on any atom is -0.380 e. The van der Waals surface area contributed by atoms with Crippen LogP contribution in [0.4, 0.5) is 0 Å². The molecular formula is C15H32N2O2. The zero-order chi connectivity index (χ0) is 14.9. The highest BCUT2D eigenvalue weighted by molar-refractivity contribution is 5.75. The van der Waals surface area contributed by atoms with Crippen molar-refractivity contribution in [1.29, 1.82) is 0 Å². The topological polar surface area (TPSA) is 50.4 Å². The molecule has 0 saturated heterocycles. The minimum atomic E-state index is -0.0287. The molecule has 0 fully saturated rings. The van der Waals surface area contributed by atoms with Crippen molar-refractivity contribution in [3.63, 3.8) is 0 Å². The van der Waals surface area contributed by atoms with Gasteiger partial charge in [0.05, 0.1) is 13.2 Å². The van der Waals surface area contributed by atoms with E-state index in [0.717, 1.165) is 19.7 Å². The molecule has 4 nitrogen and oxygen atoms in total. The van der Waals surface area contributed by atoms with Crippen LogP contribution in [-0.2, 0) is 9.53 Å². The Morgan fingerprint density at radius 3 is 2.00 bits per heavy atom. The summed E-state index contributed by atoms with van der Waals surface area (Å²) in [5.74, 6) is 0.0977. The lowest BCUT2D eigenvalue weighted by molar-refractivity contribution is -0.121. The second-order valence-electron chi connectivity index (χ2n) is 6.73. The summed E-state index contributed by atoms with van der Waals surface area (Å²) in [6.45, 7) is 16.6. The quantitative estimate of drug-likeness (QED) is 0.641. The van der Waals surface area contributed by atoms with E-state index in [4.69, 9.17) is 4.74 Å². The van der Waals surface area contributed by atoms with Gasteiger partial charge in [-0.1, -0.05) is 41.5 Å². The van der Waals surface area contributed by atoms with Crippen molar-refractivity contribution >= 4 is 5.91 Å². The maximum Gasteiger partial charge on any atom is 0.219 e. The molecule has 114 valence electrons. The summed E-state index contributed by atoms with van der Waals surface area (Å²) in [4.78, 5) is 11.2. The van der Waals surface area contributed by atoms with Gasteiger partial charge in [-0.05, 0) is 6.54 Å². The molecule has 0 heterocycles. The van der Waals surface area contributed by atoms with Gasteiger partial charge in [0.15, 0.2) is 0 Å². The highest BCUT2D eigenvalue weighted by Crippen LogP contribution is 2.18. The number of hydrogen-bond acceptors (Lipinski definition) is 3. The van der Waals surface area contributed by atoms with Gasteiger partial charge in [-0.3, -0.25) is 4.79 Å². The molecule has 0 rings (SSSR count). The molecule has 0 aliphatic heterocycles. The van der Waals surface area contributed by atoms with Gasteiger partial charge >= 0.3 is 0 Å². The maximum absolute atomic E-state index is 11.2. The van der Waals surface area contributed by atoms with E-state index in [1.165, 1.54) is 0 Å². The van der Waals surface area contributed by atoms with E-state index in [1.54, 1.807) is 0 Å². The van der Waals surface area contributed by atoms with Crippen molar-refractivity contribution in [3.05, 3.63) is 0 Å². The number of rotatable bonds is 10. The first-order valence-electron chi connectivity index (χ1n) is 7.27. The Labute approximate surface area is 118 Å². The average Bonchev–Trinajstić information content (AvgIpc) is 2.33. The zero-order valence-electron chi connectivity index (χ0n) is 13.6. The van der Waals surface area contributed by atoms with E-state index in [0.29, 0.717) is 19.6 Å². The third kappa shape index (κ3) is 9.91. The fourth-order valence-corrected chi connectivity index (χ4v) is 1.63. The van der Waals surface area contributed by atoms with Crippen LogP contribution < -0.4 is 10.6 Å². The maximum atomic E-state index is 11.2. The number of ether oxygens (including phenoxy) is 1. The number of amides is 1. The van der Waals surface area contributed by atoms with Crippen LogP contribution >= 0.6 is 0 Å². The molecule has 19 heavy (non-hydrogen) atoms. The number of carbonyl (C=O) groups excluding carboxylic acids is 1. The molecule has 0 aromatic rings. The summed E-state index contributed by atoms with van der Waals surface area (Å²) in [6.07, 6.45) is 0.534. The van der Waals surface area contributed by atoms with Gasteiger partial charge in [0, 0.05) is 30.3 Å². The van der Waals surface area contributed by atoms with E-state index >= 15 is 0 Å². The van der Waals surface area contributed by atoms with Gasteiger partial charge in [-0.15, -0.1) is 0 Å². The molecule has 2 N–H and O–H groups in total. The van der Waals surface area contributed by atoms with Crippen LogP contribution in [0, 0.1) is 10.8 Å². The van der Waals surface area contributed by atoms with Crippen LogP contribution in [0.3, 0.4) is 0 Å². The van der Waals surface area contributed by atoms with Crippen molar-refractivity contribution in [2.75, 3.05) is 32.8 Å². The molecule has 1 amide bonds. The molecule has 0 unspecified atom stereocenters. The van der Waals surface area contributed by atoms with Gasteiger partial charge in [0.2, 0.25) is 5.91 Å². The summed E-state index contributed by atoms with van der Waals surface area (Å²) < 4.78 is 5.83. The monoisotopic (exact) mass is 272 g/mol. The van der Waals surface area contributed by atoms with Gasteiger partial charge in [0.25, 0.3) is 0 Å². The van der Waals surface area contributed by atoms with Crippen LogP contribution in [0.5, 0.6) is 0 Å². The second kappa shape index (κ2) is 8.54. The lowest BCUT2D eigenvalue weighted by Crippen LogP contribution is -2.38. The fourth-order valence-electron chi connectivity index (χ4n) is 1.63. The van der Waals surface area contributed by atoms with Gasteiger partial charge < -0.3 is 15.4 Å². The SMILES string of the molecule is CCNCC(C)(C)COCC(C)(C)CNC(=O)CC. The van der Waals surface area contributed by atoms with E-state index in [2.05, 4.69) is 45.3 Å². The normalized spacial score (nSPS) is 12.5. The summed E-state index contributed by atoms with van der Waals surface area (Å²) in [6, 6.07) is 0. The smallest absolute Gasteiger partial charge is 0.219 e. The molecule has 0 radical (unpaired) electrons. The van der Waals surface area contributed by atoms with Gasteiger partial charge in [-0.2, -0.15) is 0 Å². The third-order valence-corrected chi connectivity index (χ3v) is 2.92. The molecule has 0 spiro atoms. The Morgan fingerprint density at radius 1 is 1.00 bits per heavy atom. The van der Waals surface area contributed by atoms with Crippen LogP contribution in [0.1, 0.15) is 48.0 Å². The highest BCUT2D eigenvalue weighted by atomic mass is 16.5. The van der Waals surface area contributed by atoms with Crippen LogP contribution in [0.2, 0.25) is 0 Å². The molecule has 0 aromatic carbocycles. The van der Waals surface area contributed by atoms with Crippen LogP contribution in [0.25, 0.3) is 0 Å². The predicted molar refractivity (Wildman–Crippen MR) is 80.2 cm³/mol. The summed E-state index contributed by atoms with van der Waals surface area (Å²) in [5.41, 5.74) is 0.109. The van der Waals surface area contributed by atoms with Gasteiger partial charge in [0.1, 0.15) is 0 Å². The first-order chi connectivity index (χ1) is 8.72. The first-order valence-corrected chi connectivity index (χ1v) is 7.27. The first kappa shape index (κ1) is 18.4. The Morgan fingerprint density at radius 2 is 1.53 bits per heavy atom. The Kier molecular flexibility index (Phi) is 8.26. The van der Waals surface area contributed by atoms with Crippen LogP contribution in [0.15, 0.2) is 0 Å². The summed E-state index contributed by atoms with van der Waals surface area (Å²) in [5, 5.41) is 6.27. The molecular weight excluding hydrogens is 240 g/mol. The largest absolute Gasteiger partial charge is 0.380 e. The molecule has 0 saturated carbocycles. The lowest BCUT2D eigenvalue weighted by atomic mass is 9.93. The lowest BCUT2D eigenvalue weighted by Gasteiger charge is -2.29. The van der Waals surface area contributed by atoms with E-state index in [1.807, 2.05) is 6.92 Å². The predicted octanol–water partition coefficient (Wildman–Crippen LogP) is 2.19. The van der Waals surface area contributed by atoms with Crippen molar-refractivity contribution in [2.45, 2.75) is 48.0 Å². The van der Waals surface area contributed by atoms with Crippen molar-refractivity contribution in [2.24, 2.45) is 10.8 Å².